The highest BCUT2D eigenvalue weighted by molar-refractivity contribution is 5.63. The first kappa shape index (κ1) is 26.3. The zero-order chi connectivity index (χ0) is 25.7. The van der Waals surface area contributed by atoms with Crippen molar-refractivity contribution >= 4 is 11.6 Å². The van der Waals surface area contributed by atoms with Crippen LogP contribution in [0.5, 0.6) is 11.6 Å². The summed E-state index contributed by atoms with van der Waals surface area (Å²) in [7, 11) is 0. The van der Waals surface area contributed by atoms with Gasteiger partial charge in [0.1, 0.15) is 12.4 Å². The first-order valence-corrected chi connectivity index (χ1v) is 12.7. The average molecular weight is 502 g/mol. The zero-order valence-corrected chi connectivity index (χ0v) is 21.3. The Balaban J connectivity index is 1.44. The maximum Gasteiger partial charge on any atom is 0.227 e. The molecule has 2 aromatic heterocycles. The van der Waals surface area contributed by atoms with Gasteiger partial charge in [-0.1, -0.05) is 12.2 Å². The average Bonchev–Trinajstić information content (AvgIpc) is 3.44. The van der Waals surface area contributed by atoms with Gasteiger partial charge in [-0.3, -0.25) is 4.90 Å². The lowest BCUT2D eigenvalue weighted by Gasteiger charge is -2.17. The van der Waals surface area contributed by atoms with Crippen LogP contribution in [0.4, 0.5) is 11.6 Å². The second-order valence-corrected chi connectivity index (χ2v) is 8.72. The third kappa shape index (κ3) is 8.13. The van der Waals surface area contributed by atoms with Crippen LogP contribution in [0.25, 0.3) is 11.3 Å². The minimum atomic E-state index is 0.424. The normalized spacial score (nSPS) is 13.3. The standard InChI is InChI=1S/C29H35N5O3/c1-3-5-18-37-28-21-23(10-12-30-28)26-11-13-31-29(33-26)32-25-8-9-27(24(20-25)22-35-17-4-2)36-19-16-34-14-6-7-15-34/h3-4,8-13,20-21H,1-2,5-7,14-19,22H2,(H,31,32,33). The Kier molecular flexibility index (Phi) is 10.0. The topological polar surface area (TPSA) is 81.6 Å². The number of aromatic nitrogens is 3. The Bertz CT molecular complexity index is 1160. The summed E-state index contributed by atoms with van der Waals surface area (Å²) in [4.78, 5) is 15.8. The molecule has 3 heterocycles. The summed E-state index contributed by atoms with van der Waals surface area (Å²) in [6.45, 7) is 12.8. The first-order chi connectivity index (χ1) is 18.2. The number of rotatable bonds is 15. The molecule has 0 saturated carbocycles. The fraction of sp³-hybridized carbons (Fsp3) is 0.345. The van der Waals surface area contributed by atoms with Gasteiger partial charge in [0, 0.05) is 41.8 Å². The Labute approximate surface area is 219 Å². The van der Waals surface area contributed by atoms with Crippen LogP contribution in [0.2, 0.25) is 0 Å². The summed E-state index contributed by atoms with van der Waals surface area (Å²) >= 11 is 0. The number of benzene rings is 1. The van der Waals surface area contributed by atoms with E-state index < -0.39 is 0 Å². The van der Waals surface area contributed by atoms with E-state index in [0.29, 0.717) is 38.3 Å². The maximum atomic E-state index is 6.13. The number of likely N-dealkylation sites (tertiary alicyclic amines) is 1. The molecule has 1 saturated heterocycles. The van der Waals surface area contributed by atoms with Gasteiger partial charge in [-0.05, 0) is 62.7 Å². The van der Waals surface area contributed by atoms with Gasteiger partial charge in [-0.15, -0.1) is 13.2 Å². The van der Waals surface area contributed by atoms with Crippen LogP contribution in [0.15, 0.2) is 74.1 Å². The van der Waals surface area contributed by atoms with Crippen molar-refractivity contribution in [2.24, 2.45) is 0 Å². The third-order valence-corrected chi connectivity index (χ3v) is 5.93. The van der Waals surface area contributed by atoms with Crippen molar-refractivity contribution in [1.29, 1.82) is 0 Å². The van der Waals surface area contributed by atoms with Crippen molar-refractivity contribution in [1.82, 2.24) is 19.9 Å². The maximum absolute atomic E-state index is 6.13. The van der Waals surface area contributed by atoms with Gasteiger partial charge < -0.3 is 19.5 Å². The van der Waals surface area contributed by atoms with Crippen LogP contribution in [-0.2, 0) is 11.3 Å². The largest absolute Gasteiger partial charge is 0.492 e. The van der Waals surface area contributed by atoms with Gasteiger partial charge in [-0.25, -0.2) is 15.0 Å². The second-order valence-electron chi connectivity index (χ2n) is 8.72. The number of ether oxygens (including phenoxy) is 3. The van der Waals surface area contributed by atoms with Gasteiger partial charge in [0.2, 0.25) is 11.8 Å². The molecule has 0 amide bonds. The van der Waals surface area contributed by atoms with E-state index in [2.05, 4.69) is 33.3 Å². The van der Waals surface area contributed by atoms with E-state index in [1.807, 2.05) is 42.5 Å². The lowest BCUT2D eigenvalue weighted by atomic mass is 10.2. The van der Waals surface area contributed by atoms with Crippen molar-refractivity contribution in [2.45, 2.75) is 25.9 Å². The van der Waals surface area contributed by atoms with Gasteiger partial charge >= 0.3 is 0 Å². The lowest BCUT2D eigenvalue weighted by molar-refractivity contribution is 0.144. The number of hydrogen-bond donors (Lipinski definition) is 1. The molecule has 1 aliphatic rings. The molecule has 3 aromatic rings. The van der Waals surface area contributed by atoms with Crippen LogP contribution < -0.4 is 14.8 Å². The van der Waals surface area contributed by atoms with E-state index in [0.717, 1.165) is 54.3 Å². The molecular weight excluding hydrogens is 466 g/mol. The molecule has 0 aliphatic carbocycles. The minimum Gasteiger partial charge on any atom is -0.492 e. The highest BCUT2D eigenvalue weighted by Gasteiger charge is 2.13. The molecular formula is C29H35N5O3. The van der Waals surface area contributed by atoms with Gasteiger partial charge in [0.05, 0.1) is 25.5 Å². The predicted octanol–water partition coefficient (Wildman–Crippen LogP) is 5.41. The Hall–Kier alpha value is -3.75. The molecule has 1 aliphatic heterocycles. The molecule has 0 radical (unpaired) electrons. The molecule has 0 atom stereocenters. The molecule has 1 fully saturated rings. The molecule has 1 N–H and O–H groups in total. The Morgan fingerprint density at radius 2 is 1.81 bits per heavy atom. The number of nitrogens with zero attached hydrogens (tertiary/aromatic N) is 4. The summed E-state index contributed by atoms with van der Waals surface area (Å²) in [6, 6.07) is 11.6. The number of nitrogens with one attached hydrogen (secondary N) is 1. The van der Waals surface area contributed by atoms with Crippen molar-refractivity contribution in [3.05, 3.63) is 79.7 Å². The second kappa shape index (κ2) is 14.1. The van der Waals surface area contributed by atoms with Crippen molar-refractivity contribution < 1.29 is 14.2 Å². The lowest BCUT2D eigenvalue weighted by Crippen LogP contribution is -2.25. The predicted molar refractivity (Wildman–Crippen MR) is 146 cm³/mol. The van der Waals surface area contributed by atoms with Crippen LogP contribution in [0, 0.1) is 0 Å². The molecule has 37 heavy (non-hydrogen) atoms. The summed E-state index contributed by atoms with van der Waals surface area (Å²) in [5.74, 6) is 1.87. The van der Waals surface area contributed by atoms with Crippen molar-refractivity contribution in [3.63, 3.8) is 0 Å². The summed E-state index contributed by atoms with van der Waals surface area (Å²) in [5, 5.41) is 3.31. The van der Waals surface area contributed by atoms with E-state index in [4.69, 9.17) is 19.2 Å². The number of pyridine rings is 1. The highest BCUT2D eigenvalue weighted by Crippen LogP contribution is 2.27. The number of anilines is 2. The summed E-state index contributed by atoms with van der Waals surface area (Å²) in [5.41, 5.74) is 3.48. The van der Waals surface area contributed by atoms with Gasteiger partial charge in [-0.2, -0.15) is 0 Å². The van der Waals surface area contributed by atoms with E-state index in [9.17, 15) is 0 Å². The quantitative estimate of drug-likeness (QED) is 0.219. The molecule has 0 unspecified atom stereocenters. The third-order valence-electron chi connectivity index (χ3n) is 5.93. The van der Waals surface area contributed by atoms with Crippen LogP contribution >= 0.6 is 0 Å². The fourth-order valence-corrected chi connectivity index (χ4v) is 4.06. The Morgan fingerprint density at radius 1 is 0.946 bits per heavy atom. The molecule has 8 nitrogen and oxygen atoms in total. The van der Waals surface area contributed by atoms with Crippen LogP contribution in [0.1, 0.15) is 24.8 Å². The minimum absolute atomic E-state index is 0.424. The van der Waals surface area contributed by atoms with Crippen molar-refractivity contribution in [2.75, 3.05) is 44.8 Å². The van der Waals surface area contributed by atoms with Gasteiger partial charge in [0.15, 0.2) is 0 Å². The van der Waals surface area contributed by atoms with Crippen LogP contribution in [0.3, 0.4) is 0 Å². The Morgan fingerprint density at radius 3 is 2.65 bits per heavy atom. The van der Waals surface area contributed by atoms with E-state index >= 15 is 0 Å². The van der Waals surface area contributed by atoms with Crippen LogP contribution in [-0.4, -0.2) is 59.3 Å². The van der Waals surface area contributed by atoms with E-state index in [1.54, 1.807) is 18.5 Å². The van der Waals surface area contributed by atoms with Crippen molar-refractivity contribution in [3.8, 4) is 22.9 Å². The summed E-state index contributed by atoms with van der Waals surface area (Å²) in [6.07, 6.45) is 10.3. The zero-order valence-electron chi connectivity index (χ0n) is 21.3. The molecule has 4 rings (SSSR count). The molecule has 0 bridgehead atoms. The summed E-state index contributed by atoms with van der Waals surface area (Å²) < 4.78 is 17.5. The fourth-order valence-electron chi connectivity index (χ4n) is 4.06. The highest BCUT2D eigenvalue weighted by atomic mass is 16.5. The molecule has 0 spiro atoms. The monoisotopic (exact) mass is 501 g/mol. The molecule has 1 aromatic carbocycles. The smallest absolute Gasteiger partial charge is 0.227 e. The number of hydrogen-bond acceptors (Lipinski definition) is 8. The molecule has 194 valence electrons. The van der Waals surface area contributed by atoms with E-state index in [-0.39, 0.29) is 0 Å². The SMILES string of the molecule is C=CCCOc1cc(-c2ccnc(Nc3ccc(OCCN4CCCC4)c(COCC=C)c3)n2)ccn1. The first-order valence-electron chi connectivity index (χ1n) is 12.7. The van der Waals surface area contributed by atoms with E-state index in [1.165, 1.54) is 12.8 Å². The van der Waals surface area contributed by atoms with Gasteiger partial charge in [0.25, 0.3) is 0 Å². The molecule has 8 heteroatoms.